The molecule has 3 N–H and O–H groups in total. The van der Waals surface area contributed by atoms with Gasteiger partial charge in [-0.25, -0.2) is 4.79 Å². The number of hydrogen-bond donors (Lipinski definition) is 3. The summed E-state index contributed by atoms with van der Waals surface area (Å²) in [5, 5.41) is 19.1. The zero-order valence-corrected chi connectivity index (χ0v) is 18.1. The highest BCUT2D eigenvalue weighted by molar-refractivity contribution is 7.18. The number of amides is 2. The summed E-state index contributed by atoms with van der Waals surface area (Å²) in [6.07, 6.45) is 0.663. The van der Waals surface area contributed by atoms with Gasteiger partial charge in [0, 0.05) is 31.0 Å². The third kappa shape index (κ3) is 5.15. The number of carbonyl (C=O) groups is 3. The van der Waals surface area contributed by atoms with E-state index in [9.17, 15) is 19.5 Å². The Morgan fingerprint density at radius 1 is 1.23 bits per heavy atom. The Morgan fingerprint density at radius 3 is 2.65 bits per heavy atom. The van der Waals surface area contributed by atoms with Crippen LogP contribution in [0.5, 0.6) is 0 Å². The molecule has 0 aliphatic rings. The van der Waals surface area contributed by atoms with Crippen molar-refractivity contribution < 1.29 is 24.0 Å². The lowest BCUT2D eigenvalue weighted by atomic mass is 10.1. The van der Waals surface area contributed by atoms with E-state index < -0.39 is 5.97 Å². The third-order valence-corrected chi connectivity index (χ3v) is 5.86. The molecule has 0 aliphatic heterocycles. The molecule has 0 spiro atoms. The Balaban J connectivity index is 1.57. The van der Waals surface area contributed by atoms with Gasteiger partial charge in [-0.2, -0.15) is 4.98 Å². The molecular formula is C21H22N4O5S. The van der Waals surface area contributed by atoms with E-state index in [1.54, 1.807) is 38.1 Å². The topological polar surface area (TPSA) is 134 Å². The Hall–Kier alpha value is -3.53. The van der Waals surface area contributed by atoms with Gasteiger partial charge >= 0.3 is 5.97 Å². The van der Waals surface area contributed by atoms with Crippen LogP contribution in [-0.2, 0) is 11.2 Å². The van der Waals surface area contributed by atoms with E-state index in [0.29, 0.717) is 39.8 Å². The SMILES string of the molecule is CCc1c(NC(=O)CCNC(=O)c2cccc(-c3noc(C)n3)c2)sc(C(=O)O)c1C. The summed E-state index contributed by atoms with van der Waals surface area (Å²) in [6, 6.07) is 6.79. The van der Waals surface area contributed by atoms with E-state index in [-0.39, 0.29) is 29.7 Å². The maximum absolute atomic E-state index is 12.4. The average Bonchev–Trinajstić information content (AvgIpc) is 3.31. The van der Waals surface area contributed by atoms with Crippen LogP contribution in [0.1, 0.15) is 50.4 Å². The minimum Gasteiger partial charge on any atom is -0.477 e. The van der Waals surface area contributed by atoms with Gasteiger partial charge in [0.05, 0.1) is 5.00 Å². The quantitative estimate of drug-likeness (QED) is 0.486. The number of nitrogens with one attached hydrogen (secondary N) is 2. The molecule has 2 aromatic heterocycles. The Labute approximate surface area is 182 Å². The van der Waals surface area contributed by atoms with E-state index in [1.807, 2.05) is 6.92 Å². The first kappa shape index (κ1) is 22.2. The van der Waals surface area contributed by atoms with Gasteiger partial charge in [-0.1, -0.05) is 24.2 Å². The molecule has 3 aromatic rings. The fourth-order valence-corrected chi connectivity index (χ4v) is 4.23. The van der Waals surface area contributed by atoms with Crippen molar-refractivity contribution in [1.29, 1.82) is 0 Å². The molecule has 0 unspecified atom stereocenters. The molecule has 0 atom stereocenters. The lowest BCUT2D eigenvalue weighted by Gasteiger charge is -2.08. The fourth-order valence-electron chi connectivity index (χ4n) is 3.08. The number of thiophene rings is 1. The molecule has 0 fully saturated rings. The molecule has 2 amide bonds. The lowest BCUT2D eigenvalue weighted by molar-refractivity contribution is -0.116. The predicted octanol–water partition coefficient (Wildman–Crippen LogP) is 3.43. The first-order valence-corrected chi connectivity index (χ1v) is 10.5. The summed E-state index contributed by atoms with van der Waals surface area (Å²) in [5.41, 5.74) is 2.54. The van der Waals surface area contributed by atoms with E-state index in [4.69, 9.17) is 4.52 Å². The number of anilines is 1. The van der Waals surface area contributed by atoms with Crippen molar-refractivity contribution >= 4 is 34.1 Å². The number of aromatic carboxylic acids is 1. The first-order chi connectivity index (χ1) is 14.8. The monoisotopic (exact) mass is 442 g/mol. The van der Waals surface area contributed by atoms with E-state index in [0.717, 1.165) is 16.9 Å². The summed E-state index contributed by atoms with van der Waals surface area (Å²) >= 11 is 1.05. The summed E-state index contributed by atoms with van der Waals surface area (Å²) in [6.45, 7) is 5.45. The highest BCUT2D eigenvalue weighted by atomic mass is 32.1. The molecule has 9 nitrogen and oxygen atoms in total. The van der Waals surface area contributed by atoms with Crippen LogP contribution in [0.3, 0.4) is 0 Å². The van der Waals surface area contributed by atoms with Crippen LogP contribution < -0.4 is 10.6 Å². The highest BCUT2D eigenvalue weighted by Crippen LogP contribution is 2.33. The zero-order chi connectivity index (χ0) is 22.5. The van der Waals surface area contributed by atoms with E-state index in [1.165, 1.54) is 0 Å². The minimum atomic E-state index is -1.01. The normalized spacial score (nSPS) is 10.7. The second kappa shape index (κ2) is 9.52. The molecule has 0 saturated carbocycles. The molecule has 10 heteroatoms. The standard InChI is InChI=1S/C21H22N4O5S/c1-4-15-11(2)17(21(28)29)31-20(15)24-16(26)8-9-22-19(27)14-7-5-6-13(10-14)18-23-12(3)30-25-18/h5-7,10H,4,8-9H2,1-3H3,(H,22,27)(H,24,26)(H,28,29). The average molecular weight is 442 g/mol. The lowest BCUT2D eigenvalue weighted by Crippen LogP contribution is -2.27. The minimum absolute atomic E-state index is 0.0535. The zero-order valence-electron chi connectivity index (χ0n) is 17.3. The molecule has 1 aromatic carbocycles. The number of nitrogens with zero attached hydrogens (tertiary/aromatic N) is 2. The summed E-state index contributed by atoms with van der Waals surface area (Å²) < 4.78 is 4.96. The van der Waals surface area contributed by atoms with Crippen LogP contribution in [0.4, 0.5) is 5.00 Å². The van der Waals surface area contributed by atoms with Crippen molar-refractivity contribution in [3.05, 3.63) is 51.7 Å². The van der Waals surface area contributed by atoms with Crippen LogP contribution in [0, 0.1) is 13.8 Å². The third-order valence-electron chi connectivity index (χ3n) is 4.62. The molecule has 162 valence electrons. The van der Waals surface area contributed by atoms with Crippen LogP contribution in [-0.4, -0.2) is 39.6 Å². The maximum atomic E-state index is 12.4. The number of rotatable bonds is 8. The van der Waals surface area contributed by atoms with Gasteiger partial charge in [0.2, 0.25) is 17.6 Å². The summed E-state index contributed by atoms with van der Waals surface area (Å²) in [4.78, 5) is 40.4. The Bertz CT molecular complexity index is 1130. The van der Waals surface area contributed by atoms with Gasteiger partial charge in [0.15, 0.2) is 0 Å². The van der Waals surface area contributed by atoms with E-state index in [2.05, 4.69) is 20.8 Å². The van der Waals surface area contributed by atoms with Crippen molar-refractivity contribution in [2.75, 3.05) is 11.9 Å². The van der Waals surface area contributed by atoms with Crippen molar-refractivity contribution in [1.82, 2.24) is 15.5 Å². The van der Waals surface area contributed by atoms with Crippen LogP contribution in [0.15, 0.2) is 28.8 Å². The summed E-state index contributed by atoms with van der Waals surface area (Å²) in [5.74, 6) is -0.819. The second-order valence-corrected chi connectivity index (χ2v) is 7.82. The number of carboxylic acids is 1. The Morgan fingerprint density at radius 2 is 2.00 bits per heavy atom. The number of aryl methyl sites for hydroxylation is 1. The first-order valence-electron chi connectivity index (χ1n) is 9.64. The Kier molecular flexibility index (Phi) is 6.81. The fraction of sp³-hybridized carbons (Fsp3) is 0.286. The number of carbonyl (C=O) groups excluding carboxylic acids is 2. The largest absolute Gasteiger partial charge is 0.477 e. The van der Waals surface area contributed by atoms with E-state index >= 15 is 0 Å². The van der Waals surface area contributed by atoms with Gasteiger partial charge in [0.25, 0.3) is 5.91 Å². The van der Waals surface area contributed by atoms with Gasteiger partial charge < -0.3 is 20.3 Å². The van der Waals surface area contributed by atoms with Crippen molar-refractivity contribution in [3.8, 4) is 11.4 Å². The molecule has 0 aliphatic carbocycles. The van der Waals surface area contributed by atoms with Crippen molar-refractivity contribution in [3.63, 3.8) is 0 Å². The van der Waals surface area contributed by atoms with Gasteiger partial charge in [-0.15, -0.1) is 11.3 Å². The van der Waals surface area contributed by atoms with Gasteiger partial charge in [-0.05, 0) is 36.6 Å². The molecule has 2 heterocycles. The molecule has 31 heavy (non-hydrogen) atoms. The van der Waals surface area contributed by atoms with Gasteiger partial charge in [-0.3, -0.25) is 9.59 Å². The van der Waals surface area contributed by atoms with Crippen molar-refractivity contribution in [2.45, 2.75) is 33.6 Å². The summed E-state index contributed by atoms with van der Waals surface area (Å²) in [7, 11) is 0. The van der Waals surface area contributed by atoms with Crippen LogP contribution >= 0.6 is 11.3 Å². The van der Waals surface area contributed by atoms with Crippen LogP contribution in [0.2, 0.25) is 0 Å². The highest BCUT2D eigenvalue weighted by Gasteiger charge is 2.19. The maximum Gasteiger partial charge on any atom is 0.346 e. The number of hydrogen-bond acceptors (Lipinski definition) is 7. The number of carboxylic acid groups (broad SMARTS) is 1. The smallest absolute Gasteiger partial charge is 0.346 e. The number of aromatic nitrogens is 2. The predicted molar refractivity (Wildman–Crippen MR) is 115 cm³/mol. The molecule has 0 saturated heterocycles. The molecule has 3 rings (SSSR count). The van der Waals surface area contributed by atoms with Crippen molar-refractivity contribution in [2.24, 2.45) is 0 Å². The molecule has 0 bridgehead atoms. The second-order valence-electron chi connectivity index (χ2n) is 6.79. The van der Waals surface area contributed by atoms with Crippen LogP contribution in [0.25, 0.3) is 11.4 Å². The molecule has 0 radical (unpaired) electrons. The van der Waals surface area contributed by atoms with Gasteiger partial charge in [0.1, 0.15) is 4.88 Å². The number of benzene rings is 1. The molecular weight excluding hydrogens is 420 g/mol.